The maximum Gasteiger partial charge on any atom is 0.319 e. The number of thiocarbonyl (C=S) groups is 1. The number of ether oxygens (including phenoxy) is 1. The fourth-order valence-electron chi connectivity index (χ4n) is 1.44. The highest BCUT2D eigenvalue weighted by Crippen LogP contribution is 2.16. The Morgan fingerprint density at radius 1 is 1.56 bits per heavy atom. The first kappa shape index (κ1) is 14.2. The summed E-state index contributed by atoms with van der Waals surface area (Å²) in [5.74, 6) is 0.684. The van der Waals surface area contributed by atoms with Gasteiger partial charge in [-0.3, -0.25) is 0 Å². The van der Waals surface area contributed by atoms with E-state index in [2.05, 4.69) is 10.6 Å². The summed E-state index contributed by atoms with van der Waals surface area (Å²) in [6.07, 6.45) is 0.473. The molecule has 6 heteroatoms. The number of hydrogen-bond acceptors (Lipinski definition) is 3. The van der Waals surface area contributed by atoms with Gasteiger partial charge in [0.15, 0.2) is 0 Å². The van der Waals surface area contributed by atoms with Gasteiger partial charge in [0.2, 0.25) is 0 Å². The minimum absolute atomic E-state index is 0.104. The molecule has 0 spiro atoms. The second kappa shape index (κ2) is 6.80. The fourth-order valence-corrected chi connectivity index (χ4v) is 1.69. The van der Waals surface area contributed by atoms with Gasteiger partial charge in [-0.25, -0.2) is 4.79 Å². The lowest BCUT2D eigenvalue weighted by Gasteiger charge is -2.14. The first-order valence-corrected chi connectivity index (χ1v) is 5.92. The molecule has 4 N–H and O–H groups in total. The van der Waals surface area contributed by atoms with E-state index in [0.29, 0.717) is 22.8 Å². The zero-order chi connectivity index (χ0) is 13.5. The molecule has 1 rings (SSSR count). The summed E-state index contributed by atoms with van der Waals surface area (Å²) in [4.78, 5) is 12.0. The van der Waals surface area contributed by atoms with Crippen LogP contribution in [0.4, 0.5) is 10.5 Å². The number of carbonyl (C=O) groups is 1. The highest BCUT2D eigenvalue weighted by molar-refractivity contribution is 7.80. The maximum absolute atomic E-state index is 11.7. The Kier molecular flexibility index (Phi) is 5.38. The van der Waals surface area contributed by atoms with Crippen molar-refractivity contribution < 1.29 is 9.53 Å². The number of anilines is 1. The molecule has 1 atom stereocenters. The quantitative estimate of drug-likeness (QED) is 0.712. The van der Waals surface area contributed by atoms with Gasteiger partial charge in [0.05, 0.1) is 12.1 Å². The first-order valence-electron chi connectivity index (χ1n) is 5.51. The summed E-state index contributed by atoms with van der Waals surface area (Å²) < 4.78 is 5.06. The molecule has 0 aliphatic carbocycles. The van der Waals surface area contributed by atoms with Gasteiger partial charge >= 0.3 is 6.03 Å². The zero-order valence-electron chi connectivity index (χ0n) is 10.4. The molecule has 0 saturated heterocycles. The van der Waals surface area contributed by atoms with Gasteiger partial charge in [0.1, 0.15) is 5.75 Å². The van der Waals surface area contributed by atoms with Crippen LogP contribution in [0.3, 0.4) is 0 Å². The largest absolute Gasteiger partial charge is 0.497 e. The SMILES string of the molecule is COc1cccc(NC(=O)NC(C)CC(N)=S)c1. The van der Waals surface area contributed by atoms with Crippen molar-refractivity contribution in [1.29, 1.82) is 0 Å². The number of benzene rings is 1. The highest BCUT2D eigenvalue weighted by Gasteiger charge is 2.08. The summed E-state index contributed by atoms with van der Waals surface area (Å²) >= 11 is 4.78. The van der Waals surface area contributed by atoms with Gasteiger partial charge in [-0.05, 0) is 19.1 Å². The van der Waals surface area contributed by atoms with Crippen molar-refractivity contribution in [3.63, 3.8) is 0 Å². The van der Waals surface area contributed by atoms with E-state index >= 15 is 0 Å². The van der Waals surface area contributed by atoms with Crippen LogP contribution in [0, 0.1) is 0 Å². The van der Waals surface area contributed by atoms with E-state index < -0.39 is 0 Å². The average Bonchev–Trinajstić information content (AvgIpc) is 2.27. The Hall–Kier alpha value is -1.82. The topological polar surface area (TPSA) is 76.4 Å². The average molecular weight is 267 g/mol. The Bertz CT molecular complexity index is 437. The number of hydrogen-bond donors (Lipinski definition) is 3. The Balaban J connectivity index is 2.51. The van der Waals surface area contributed by atoms with Gasteiger partial charge in [0, 0.05) is 24.2 Å². The number of methoxy groups -OCH3 is 1. The van der Waals surface area contributed by atoms with E-state index in [0.717, 1.165) is 0 Å². The van der Waals surface area contributed by atoms with Crippen LogP contribution in [0.25, 0.3) is 0 Å². The van der Waals surface area contributed by atoms with Gasteiger partial charge < -0.3 is 21.1 Å². The first-order chi connectivity index (χ1) is 8.51. The number of amides is 2. The molecule has 18 heavy (non-hydrogen) atoms. The molecule has 0 saturated carbocycles. The maximum atomic E-state index is 11.7. The summed E-state index contributed by atoms with van der Waals surface area (Å²) in [6.45, 7) is 1.84. The van der Waals surface area contributed by atoms with Gasteiger partial charge in [-0.1, -0.05) is 18.3 Å². The van der Waals surface area contributed by atoms with Crippen LogP contribution in [0.2, 0.25) is 0 Å². The van der Waals surface area contributed by atoms with Crippen molar-refractivity contribution in [2.45, 2.75) is 19.4 Å². The minimum atomic E-state index is -0.299. The molecule has 0 aliphatic rings. The Morgan fingerprint density at radius 3 is 2.89 bits per heavy atom. The lowest BCUT2D eigenvalue weighted by atomic mass is 10.2. The third-order valence-corrected chi connectivity index (χ3v) is 2.38. The van der Waals surface area contributed by atoms with Crippen molar-refractivity contribution in [3.8, 4) is 5.75 Å². The molecule has 1 unspecified atom stereocenters. The Labute approximate surface area is 112 Å². The molecule has 0 fully saturated rings. The number of urea groups is 1. The summed E-state index contributed by atoms with van der Waals surface area (Å²) in [7, 11) is 1.57. The third kappa shape index (κ3) is 5.01. The standard InChI is InChI=1S/C12H17N3O2S/c1-8(6-11(13)18)14-12(16)15-9-4-3-5-10(7-9)17-2/h3-5,7-8H,6H2,1-2H3,(H2,13,18)(H2,14,15,16). The molecule has 1 aromatic carbocycles. The van der Waals surface area contributed by atoms with Gasteiger partial charge in [-0.2, -0.15) is 0 Å². The van der Waals surface area contributed by atoms with Crippen molar-refractivity contribution in [2.24, 2.45) is 5.73 Å². The Morgan fingerprint density at radius 2 is 2.28 bits per heavy atom. The van der Waals surface area contributed by atoms with Crippen molar-refractivity contribution in [3.05, 3.63) is 24.3 Å². The number of rotatable bonds is 5. The molecule has 2 amide bonds. The van der Waals surface area contributed by atoms with Crippen molar-refractivity contribution in [1.82, 2.24) is 5.32 Å². The number of nitrogens with one attached hydrogen (secondary N) is 2. The van der Waals surface area contributed by atoms with Crippen LogP contribution in [-0.4, -0.2) is 24.2 Å². The fraction of sp³-hybridized carbons (Fsp3) is 0.333. The number of carbonyl (C=O) groups excluding carboxylic acids is 1. The third-order valence-electron chi connectivity index (χ3n) is 2.21. The van der Waals surface area contributed by atoms with Crippen molar-refractivity contribution in [2.75, 3.05) is 12.4 Å². The van der Waals surface area contributed by atoms with E-state index in [4.69, 9.17) is 22.7 Å². The van der Waals surface area contributed by atoms with Gasteiger partial charge in [0.25, 0.3) is 0 Å². The van der Waals surface area contributed by atoms with Crippen LogP contribution < -0.4 is 21.1 Å². The lowest BCUT2D eigenvalue weighted by molar-refractivity contribution is 0.249. The lowest BCUT2D eigenvalue weighted by Crippen LogP contribution is -2.38. The van der Waals surface area contributed by atoms with Crippen LogP contribution in [0.15, 0.2) is 24.3 Å². The van der Waals surface area contributed by atoms with Gasteiger partial charge in [-0.15, -0.1) is 0 Å². The van der Waals surface area contributed by atoms with E-state index in [1.54, 1.807) is 31.4 Å². The monoisotopic (exact) mass is 267 g/mol. The minimum Gasteiger partial charge on any atom is -0.497 e. The zero-order valence-corrected chi connectivity index (χ0v) is 11.2. The molecular formula is C12H17N3O2S. The molecule has 0 heterocycles. The smallest absolute Gasteiger partial charge is 0.319 e. The molecule has 5 nitrogen and oxygen atoms in total. The van der Waals surface area contributed by atoms with Crippen LogP contribution in [-0.2, 0) is 0 Å². The predicted octanol–water partition coefficient (Wildman–Crippen LogP) is 1.88. The molecule has 0 bridgehead atoms. The second-order valence-corrected chi connectivity index (χ2v) is 4.43. The van der Waals surface area contributed by atoms with E-state index in [-0.39, 0.29) is 12.1 Å². The summed E-state index contributed by atoms with van der Waals surface area (Å²) in [6, 6.07) is 6.71. The van der Waals surface area contributed by atoms with Crippen LogP contribution >= 0.6 is 12.2 Å². The summed E-state index contributed by atoms with van der Waals surface area (Å²) in [5, 5.41) is 5.45. The molecule has 0 aliphatic heterocycles. The second-order valence-electron chi connectivity index (χ2n) is 3.90. The molecule has 0 radical (unpaired) electrons. The number of nitrogens with two attached hydrogens (primary N) is 1. The van der Waals surface area contributed by atoms with Crippen LogP contribution in [0.1, 0.15) is 13.3 Å². The van der Waals surface area contributed by atoms with Crippen molar-refractivity contribution >= 4 is 28.9 Å². The highest BCUT2D eigenvalue weighted by atomic mass is 32.1. The molecular weight excluding hydrogens is 250 g/mol. The normalized spacial score (nSPS) is 11.4. The summed E-state index contributed by atoms with van der Waals surface area (Å²) in [5.41, 5.74) is 6.06. The van der Waals surface area contributed by atoms with E-state index in [1.807, 2.05) is 6.92 Å². The molecule has 1 aromatic rings. The van der Waals surface area contributed by atoms with Crippen LogP contribution in [0.5, 0.6) is 5.75 Å². The molecule has 98 valence electrons. The van der Waals surface area contributed by atoms with E-state index in [9.17, 15) is 4.79 Å². The predicted molar refractivity (Wildman–Crippen MR) is 76.0 cm³/mol. The van der Waals surface area contributed by atoms with E-state index in [1.165, 1.54) is 0 Å². The molecule has 0 aromatic heterocycles.